The van der Waals surface area contributed by atoms with Gasteiger partial charge >= 0.3 is 0 Å². The van der Waals surface area contributed by atoms with Crippen molar-refractivity contribution < 1.29 is 0 Å². The van der Waals surface area contributed by atoms with E-state index in [9.17, 15) is 0 Å². The van der Waals surface area contributed by atoms with E-state index in [1.165, 1.54) is 12.8 Å². The number of nitrogens with zero attached hydrogens (tertiary/aromatic N) is 2. The van der Waals surface area contributed by atoms with Gasteiger partial charge in [0.15, 0.2) is 0 Å². The van der Waals surface area contributed by atoms with Crippen molar-refractivity contribution in [2.75, 3.05) is 18.1 Å². The molecule has 1 heterocycles. The monoisotopic (exact) mass is 267 g/mol. The summed E-state index contributed by atoms with van der Waals surface area (Å²) in [6, 6.07) is 0. The highest BCUT2D eigenvalue weighted by Crippen LogP contribution is 2.29. The van der Waals surface area contributed by atoms with Crippen molar-refractivity contribution in [1.29, 1.82) is 0 Å². The summed E-state index contributed by atoms with van der Waals surface area (Å²) in [5, 5.41) is 4.29. The Hall–Kier alpha value is -0.770. The SMILES string of the molecule is CCCCSc1nc(C(C)(C)C)nc(NC)c1C. The number of unbranched alkanes of at least 4 members (excludes halogenated alkanes) is 1. The molecule has 0 aliphatic heterocycles. The van der Waals surface area contributed by atoms with Gasteiger partial charge in [-0.15, -0.1) is 11.8 Å². The van der Waals surface area contributed by atoms with E-state index >= 15 is 0 Å². The quantitative estimate of drug-likeness (QED) is 0.497. The second kappa shape index (κ2) is 6.41. The van der Waals surface area contributed by atoms with Crippen LogP contribution < -0.4 is 5.32 Å². The largest absolute Gasteiger partial charge is 0.373 e. The summed E-state index contributed by atoms with van der Waals surface area (Å²) >= 11 is 1.84. The number of aromatic nitrogens is 2. The molecule has 0 radical (unpaired) electrons. The molecule has 0 unspecified atom stereocenters. The Kier molecular flexibility index (Phi) is 5.45. The van der Waals surface area contributed by atoms with Crippen molar-refractivity contribution in [3.63, 3.8) is 0 Å². The Morgan fingerprint density at radius 3 is 2.39 bits per heavy atom. The Bertz CT molecular complexity index is 397. The minimum atomic E-state index is -0.0145. The molecule has 0 saturated heterocycles. The number of anilines is 1. The first-order valence-corrected chi connectivity index (χ1v) is 7.58. The zero-order chi connectivity index (χ0) is 13.8. The van der Waals surface area contributed by atoms with Crippen LogP contribution in [0.25, 0.3) is 0 Å². The van der Waals surface area contributed by atoms with Gasteiger partial charge in [-0.3, -0.25) is 0 Å². The lowest BCUT2D eigenvalue weighted by Gasteiger charge is -2.20. The van der Waals surface area contributed by atoms with Crippen molar-refractivity contribution in [1.82, 2.24) is 9.97 Å². The molecular formula is C14H25N3S. The van der Waals surface area contributed by atoms with E-state index in [1.807, 2.05) is 18.8 Å². The molecular weight excluding hydrogens is 242 g/mol. The molecule has 102 valence electrons. The average Bonchev–Trinajstić information content (AvgIpc) is 2.30. The fourth-order valence-electron chi connectivity index (χ4n) is 1.53. The lowest BCUT2D eigenvalue weighted by Crippen LogP contribution is -2.18. The summed E-state index contributed by atoms with van der Waals surface area (Å²) < 4.78 is 0. The predicted molar refractivity (Wildman–Crippen MR) is 80.6 cm³/mol. The number of nitrogens with one attached hydrogen (secondary N) is 1. The maximum Gasteiger partial charge on any atom is 0.137 e. The van der Waals surface area contributed by atoms with E-state index in [0.29, 0.717) is 0 Å². The van der Waals surface area contributed by atoms with E-state index in [4.69, 9.17) is 4.98 Å². The smallest absolute Gasteiger partial charge is 0.137 e. The Morgan fingerprint density at radius 2 is 1.89 bits per heavy atom. The van der Waals surface area contributed by atoms with Crippen LogP contribution in [0.5, 0.6) is 0 Å². The summed E-state index contributed by atoms with van der Waals surface area (Å²) in [5.74, 6) is 2.99. The van der Waals surface area contributed by atoms with Crippen molar-refractivity contribution in [2.24, 2.45) is 0 Å². The van der Waals surface area contributed by atoms with E-state index in [2.05, 4.69) is 44.9 Å². The Balaban J connectivity index is 3.07. The third-order valence-electron chi connectivity index (χ3n) is 2.75. The van der Waals surface area contributed by atoms with Crippen LogP contribution in [0.3, 0.4) is 0 Å². The minimum absolute atomic E-state index is 0.0145. The average molecular weight is 267 g/mol. The molecule has 0 bridgehead atoms. The summed E-state index contributed by atoms with van der Waals surface area (Å²) in [6.07, 6.45) is 2.45. The molecule has 0 amide bonds. The molecule has 3 nitrogen and oxygen atoms in total. The van der Waals surface area contributed by atoms with Gasteiger partial charge in [0.2, 0.25) is 0 Å². The number of hydrogen-bond donors (Lipinski definition) is 1. The molecule has 0 aromatic carbocycles. The van der Waals surface area contributed by atoms with Crippen molar-refractivity contribution >= 4 is 17.6 Å². The topological polar surface area (TPSA) is 37.8 Å². The lowest BCUT2D eigenvalue weighted by molar-refractivity contribution is 0.538. The molecule has 0 fully saturated rings. The second-order valence-electron chi connectivity index (χ2n) is 5.53. The van der Waals surface area contributed by atoms with Gasteiger partial charge in [0.05, 0.1) is 0 Å². The molecule has 0 atom stereocenters. The van der Waals surface area contributed by atoms with Gasteiger partial charge in [-0.05, 0) is 19.1 Å². The van der Waals surface area contributed by atoms with Crippen molar-refractivity contribution in [3.05, 3.63) is 11.4 Å². The van der Waals surface area contributed by atoms with Crippen molar-refractivity contribution in [3.8, 4) is 0 Å². The van der Waals surface area contributed by atoms with E-state index in [-0.39, 0.29) is 5.41 Å². The van der Waals surface area contributed by atoms with Crippen LogP contribution in [-0.2, 0) is 5.41 Å². The van der Waals surface area contributed by atoms with Gasteiger partial charge in [-0.2, -0.15) is 0 Å². The zero-order valence-corrected chi connectivity index (χ0v) is 13.2. The molecule has 0 saturated carbocycles. The van der Waals surface area contributed by atoms with E-state index < -0.39 is 0 Å². The Labute approximate surface area is 115 Å². The molecule has 1 N–H and O–H groups in total. The number of hydrogen-bond acceptors (Lipinski definition) is 4. The maximum atomic E-state index is 4.74. The highest BCUT2D eigenvalue weighted by atomic mass is 32.2. The third kappa shape index (κ3) is 3.87. The van der Waals surface area contributed by atoms with Gasteiger partial charge in [0.1, 0.15) is 16.7 Å². The van der Waals surface area contributed by atoms with Crippen LogP contribution in [0.15, 0.2) is 5.03 Å². The first kappa shape index (κ1) is 15.3. The van der Waals surface area contributed by atoms with Gasteiger partial charge in [0.25, 0.3) is 0 Å². The van der Waals surface area contributed by atoms with E-state index in [1.54, 1.807) is 0 Å². The molecule has 0 aliphatic rings. The van der Waals surface area contributed by atoms with Crippen molar-refractivity contribution in [2.45, 2.75) is 57.9 Å². The fourth-order valence-corrected chi connectivity index (χ4v) is 2.62. The standard InChI is InChI=1S/C14H25N3S/c1-7-8-9-18-12-10(2)11(15-6)16-13(17-12)14(3,4)5/h7-9H2,1-6H3,(H,15,16,17). The maximum absolute atomic E-state index is 4.74. The summed E-state index contributed by atoms with van der Waals surface area (Å²) in [4.78, 5) is 9.35. The van der Waals surface area contributed by atoms with Crippen LogP contribution in [0, 0.1) is 6.92 Å². The zero-order valence-electron chi connectivity index (χ0n) is 12.4. The minimum Gasteiger partial charge on any atom is -0.373 e. The molecule has 0 spiro atoms. The predicted octanol–water partition coefficient (Wildman–Crippen LogP) is 4.02. The molecule has 4 heteroatoms. The molecule has 1 aromatic rings. The normalized spacial score (nSPS) is 11.7. The van der Waals surface area contributed by atoms with Gasteiger partial charge in [0, 0.05) is 18.0 Å². The van der Waals surface area contributed by atoms with Gasteiger partial charge in [-0.25, -0.2) is 9.97 Å². The van der Waals surface area contributed by atoms with Gasteiger partial charge in [-0.1, -0.05) is 34.1 Å². The second-order valence-corrected chi connectivity index (χ2v) is 6.61. The van der Waals surface area contributed by atoms with Crippen LogP contribution in [0.2, 0.25) is 0 Å². The highest BCUT2D eigenvalue weighted by molar-refractivity contribution is 7.99. The Morgan fingerprint density at radius 1 is 1.22 bits per heavy atom. The lowest BCUT2D eigenvalue weighted by atomic mass is 9.95. The number of rotatable bonds is 5. The molecule has 18 heavy (non-hydrogen) atoms. The van der Waals surface area contributed by atoms with Crippen LogP contribution in [0.4, 0.5) is 5.82 Å². The van der Waals surface area contributed by atoms with Crippen LogP contribution in [-0.4, -0.2) is 22.8 Å². The van der Waals surface area contributed by atoms with E-state index in [0.717, 1.165) is 28.0 Å². The fraction of sp³-hybridized carbons (Fsp3) is 0.714. The van der Waals surface area contributed by atoms with Crippen LogP contribution in [0.1, 0.15) is 51.9 Å². The first-order chi connectivity index (χ1) is 8.40. The summed E-state index contributed by atoms with van der Waals surface area (Å²) in [5.41, 5.74) is 1.14. The molecule has 0 aliphatic carbocycles. The highest BCUT2D eigenvalue weighted by Gasteiger charge is 2.20. The van der Waals surface area contributed by atoms with Crippen LogP contribution >= 0.6 is 11.8 Å². The molecule has 1 rings (SSSR count). The van der Waals surface area contributed by atoms with Gasteiger partial charge < -0.3 is 5.32 Å². The summed E-state index contributed by atoms with van der Waals surface area (Å²) in [7, 11) is 1.92. The first-order valence-electron chi connectivity index (χ1n) is 6.59. The number of thioether (sulfide) groups is 1. The summed E-state index contributed by atoms with van der Waals surface area (Å²) in [6.45, 7) is 10.8. The molecule has 1 aromatic heterocycles. The third-order valence-corrected chi connectivity index (χ3v) is 3.91.